The van der Waals surface area contributed by atoms with Crippen LogP contribution in [0.1, 0.15) is 5.56 Å². The van der Waals surface area contributed by atoms with Gasteiger partial charge in [-0.25, -0.2) is 0 Å². The molecule has 0 saturated carbocycles. The summed E-state index contributed by atoms with van der Waals surface area (Å²) in [6.45, 7) is 0.529. The van der Waals surface area contributed by atoms with Gasteiger partial charge in [-0.3, -0.25) is 15.5 Å². The highest BCUT2D eigenvalue weighted by Crippen LogP contribution is 2.27. The highest BCUT2D eigenvalue weighted by molar-refractivity contribution is 7.80. The van der Waals surface area contributed by atoms with Crippen molar-refractivity contribution < 1.29 is 19.1 Å². The van der Waals surface area contributed by atoms with E-state index in [9.17, 15) is 10.1 Å². The van der Waals surface area contributed by atoms with Gasteiger partial charge in [-0.05, 0) is 60.2 Å². The molecule has 0 radical (unpaired) electrons. The monoisotopic (exact) mass is 466 g/mol. The first-order valence-electron chi connectivity index (χ1n) is 9.88. The smallest absolute Gasteiger partial charge is 0.269 e. The molecule has 0 aliphatic rings. The average molecular weight is 467 g/mol. The number of nitro benzene ring substituents is 1. The van der Waals surface area contributed by atoms with Crippen molar-refractivity contribution in [3.05, 3.63) is 88.5 Å². The van der Waals surface area contributed by atoms with Crippen LogP contribution in [-0.4, -0.2) is 36.6 Å². The molecule has 0 aliphatic carbocycles. The molecular formula is C23H22N4O5S. The second-order valence-electron chi connectivity index (χ2n) is 6.55. The minimum atomic E-state index is -0.459. The molecular weight excluding hydrogens is 444 g/mol. The van der Waals surface area contributed by atoms with Gasteiger partial charge in [0.2, 0.25) is 0 Å². The number of thiocarbonyl (C=S) groups is 1. The molecule has 3 aromatic carbocycles. The molecule has 2 N–H and O–H groups in total. The second kappa shape index (κ2) is 12.0. The third-order valence-electron chi connectivity index (χ3n) is 4.26. The fourth-order valence-corrected chi connectivity index (χ4v) is 2.88. The van der Waals surface area contributed by atoms with E-state index in [4.69, 9.17) is 26.4 Å². The summed E-state index contributed by atoms with van der Waals surface area (Å²) in [5.41, 5.74) is 4.43. The number of hydrogen-bond donors (Lipinski definition) is 2. The van der Waals surface area contributed by atoms with Crippen LogP contribution in [0.3, 0.4) is 0 Å². The molecule has 0 fully saturated rings. The summed E-state index contributed by atoms with van der Waals surface area (Å²) in [4.78, 5) is 10.2. The number of rotatable bonds is 10. The number of ether oxygens (including phenoxy) is 3. The van der Waals surface area contributed by atoms with Crippen LogP contribution in [0.15, 0.2) is 77.9 Å². The fraction of sp³-hybridized carbons (Fsp3) is 0.130. The number of nitro groups is 1. The van der Waals surface area contributed by atoms with Crippen molar-refractivity contribution in [2.24, 2.45) is 5.10 Å². The number of nitrogens with zero attached hydrogens (tertiary/aromatic N) is 2. The van der Waals surface area contributed by atoms with Gasteiger partial charge in [0.1, 0.15) is 19.0 Å². The topological polar surface area (TPSA) is 107 Å². The highest BCUT2D eigenvalue weighted by atomic mass is 32.1. The van der Waals surface area contributed by atoms with E-state index >= 15 is 0 Å². The van der Waals surface area contributed by atoms with Crippen LogP contribution >= 0.6 is 12.2 Å². The van der Waals surface area contributed by atoms with Gasteiger partial charge in [0.25, 0.3) is 5.69 Å². The molecule has 0 amide bonds. The second-order valence-corrected chi connectivity index (χ2v) is 6.96. The summed E-state index contributed by atoms with van der Waals surface area (Å²) in [5.74, 6) is 1.62. The molecule has 0 atom stereocenters. The number of methoxy groups -OCH3 is 1. The number of hydrogen-bond acceptors (Lipinski definition) is 7. The third-order valence-corrected chi connectivity index (χ3v) is 4.45. The van der Waals surface area contributed by atoms with Crippen LogP contribution in [0, 0.1) is 10.1 Å². The molecule has 3 aromatic rings. The predicted octanol–water partition coefficient (Wildman–Crippen LogP) is 4.38. The lowest BCUT2D eigenvalue weighted by Gasteiger charge is -2.12. The van der Waals surface area contributed by atoms with Crippen molar-refractivity contribution in [3.63, 3.8) is 0 Å². The molecule has 0 unspecified atom stereocenters. The number of para-hydroxylation sites is 1. The summed E-state index contributed by atoms with van der Waals surface area (Å²) in [5, 5.41) is 18.2. The summed E-state index contributed by atoms with van der Waals surface area (Å²) in [7, 11) is 1.55. The van der Waals surface area contributed by atoms with Crippen LogP contribution in [0.25, 0.3) is 0 Å². The van der Waals surface area contributed by atoms with Crippen molar-refractivity contribution in [3.8, 4) is 17.2 Å². The summed E-state index contributed by atoms with van der Waals surface area (Å²) >= 11 is 5.21. The van der Waals surface area contributed by atoms with E-state index in [1.807, 2.05) is 36.4 Å². The molecule has 170 valence electrons. The molecule has 9 nitrogen and oxygen atoms in total. The Morgan fingerprint density at radius 1 is 1.03 bits per heavy atom. The Kier molecular flexibility index (Phi) is 8.55. The molecule has 0 aromatic heterocycles. The Balaban J connectivity index is 1.47. The SMILES string of the molecule is COc1cc(/C=N\NC(=S)Nc2ccccc2)ccc1OCCOc1ccc([N+](=O)[O-])cc1. The van der Waals surface area contributed by atoms with Crippen LogP contribution in [0.2, 0.25) is 0 Å². The Hall–Kier alpha value is -4.18. The zero-order valence-electron chi connectivity index (χ0n) is 17.8. The van der Waals surface area contributed by atoms with E-state index in [0.29, 0.717) is 22.4 Å². The maximum atomic E-state index is 10.7. The van der Waals surface area contributed by atoms with Crippen LogP contribution < -0.4 is 25.0 Å². The van der Waals surface area contributed by atoms with Crippen molar-refractivity contribution in [2.75, 3.05) is 25.6 Å². The Morgan fingerprint density at radius 3 is 2.45 bits per heavy atom. The summed E-state index contributed by atoms with van der Waals surface area (Å²) in [6.07, 6.45) is 1.61. The number of benzene rings is 3. The molecule has 10 heteroatoms. The lowest BCUT2D eigenvalue weighted by molar-refractivity contribution is -0.384. The van der Waals surface area contributed by atoms with Crippen molar-refractivity contribution in [1.29, 1.82) is 0 Å². The molecule has 0 aliphatic heterocycles. The maximum Gasteiger partial charge on any atom is 0.269 e. The standard InChI is InChI=1S/C23H22N4O5S/c1-30-22-15-17(16-24-26-23(33)25-18-5-3-2-4-6-18)7-12-21(22)32-14-13-31-20-10-8-19(9-11-20)27(28)29/h2-12,15-16H,13-14H2,1H3,(H2,25,26,33)/b24-16-. The van der Waals surface area contributed by atoms with Crippen LogP contribution in [0.4, 0.5) is 11.4 Å². The van der Waals surface area contributed by atoms with Crippen molar-refractivity contribution in [1.82, 2.24) is 5.43 Å². The lowest BCUT2D eigenvalue weighted by Crippen LogP contribution is -2.23. The van der Waals surface area contributed by atoms with Gasteiger partial charge in [0, 0.05) is 17.8 Å². The normalized spacial score (nSPS) is 10.5. The molecule has 3 rings (SSSR count). The number of nitrogens with one attached hydrogen (secondary N) is 2. The maximum absolute atomic E-state index is 10.7. The first-order chi connectivity index (χ1) is 16.0. The van der Waals surface area contributed by atoms with Gasteiger partial charge in [-0.15, -0.1) is 0 Å². The van der Waals surface area contributed by atoms with E-state index in [1.165, 1.54) is 12.1 Å². The minimum Gasteiger partial charge on any atom is -0.493 e. The van der Waals surface area contributed by atoms with Gasteiger partial charge in [0.05, 0.1) is 18.2 Å². The Bertz CT molecular complexity index is 1110. The summed E-state index contributed by atoms with van der Waals surface area (Å²) in [6, 6.07) is 20.8. The number of hydrazone groups is 1. The summed E-state index contributed by atoms with van der Waals surface area (Å²) < 4.78 is 16.7. The van der Waals surface area contributed by atoms with E-state index in [0.717, 1.165) is 11.3 Å². The van der Waals surface area contributed by atoms with Gasteiger partial charge < -0.3 is 19.5 Å². The molecule has 0 heterocycles. The Morgan fingerprint density at radius 2 is 1.76 bits per heavy atom. The average Bonchev–Trinajstić information content (AvgIpc) is 2.83. The van der Waals surface area contributed by atoms with Crippen molar-refractivity contribution in [2.45, 2.75) is 0 Å². The van der Waals surface area contributed by atoms with E-state index in [1.54, 1.807) is 37.6 Å². The zero-order valence-corrected chi connectivity index (χ0v) is 18.6. The van der Waals surface area contributed by atoms with Gasteiger partial charge in [0.15, 0.2) is 16.6 Å². The van der Waals surface area contributed by atoms with Crippen LogP contribution in [-0.2, 0) is 0 Å². The van der Waals surface area contributed by atoms with Crippen molar-refractivity contribution >= 4 is 34.9 Å². The highest BCUT2D eigenvalue weighted by Gasteiger charge is 2.07. The van der Waals surface area contributed by atoms with E-state index in [-0.39, 0.29) is 18.9 Å². The van der Waals surface area contributed by atoms with E-state index in [2.05, 4.69) is 15.8 Å². The van der Waals surface area contributed by atoms with Gasteiger partial charge in [-0.2, -0.15) is 5.10 Å². The molecule has 0 saturated heterocycles. The number of non-ortho nitro benzene ring substituents is 1. The van der Waals surface area contributed by atoms with Gasteiger partial charge in [-0.1, -0.05) is 18.2 Å². The lowest BCUT2D eigenvalue weighted by atomic mass is 10.2. The van der Waals surface area contributed by atoms with Gasteiger partial charge >= 0.3 is 0 Å². The Labute approximate surface area is 196 Å². The first kappa shape index (κ1) is 23.5. The first-order valence-corrected chi connectivity index (χ1v) is 10.3. The van der Waals surface area contributed by atoms with E-state index < -0.39 is 4.92 Å². The third kappa shape index (κ3) is 7.47. The quantitative estimate of drug-likeness (QED) is 0.149. The largest absolute Gasteiger partial charge is 0.493 e. The molecule has 33 heavy (non-hydrogen) atoms. The van der Waals surface area contributed by atoms with Crippen LogP contribution in [0.5, 0.6) is 17.2 Å². The number of anilines is 1. The zero-order chi connectivity index (χ0) is 23.5. The fourth-order valence-electron chi connectivity index (χ4n) is 2.70. The minimum absolute atomic E-state index is 0.0106. The molecule has 0 spiro atoms. The molecule has 0 bridgehead atoms. The predicted molar refractivity (Wildman–Crippen MR) is 130 cm³/mol.